The van der Waals surface area contributed by atoms with E-state index in [2.05, 4.69) is 9.97 Å². The Morgan fingerprint density at radius 2 is 2.05 bits per heavy atom. The number of carbonyl (C=O) groups is 2. The summed E-state index contributed by atoms with van der Waals surface area (Å²) in [5.41, 5.74) is 1.07. The first-order valence-corrected chi connectivity index (χ1v) is 7.13. The molecule has 2 heterocycles. The number of carbonyl (C=O) groups excluding carboxylic acids is 2. The van der Waals surface area contributed by atoms with Crippen LogP contribution in [-0.4, -0.2) is 53.7 Å². The maximum atomic E-state index is 11.8. The number of hydrogen-bond acceptors (Lipinski definition) is 5. The van der Waals surface area contributed by atoms with E-state index in [4.69, 9.17) is 9.47 Å². The molecule has 21 heavy (non-hydrogen) atoms. The number of nitrogens with zero attached hydrogens (tertiary/aromatic N) is 2. The molecule has 1 aromatic heterocycles. The van der Waals surface area contributed by atoms with E-state index in [1.54, 1.807) is 11.8 Å². The highest BCUT2D eigenvalue weighted by atomic mass is 16.5. The van der Waals surface area contributed by atoms with Gasteiger partial charge in [-0.3, -0.25) is 0 Å². The fourth-order valence-electron chi connectivity index (χ4n) is 2.54. The molecule has 1 aliphatic rings. The molecule has 0 spiro atoms. The van der Waals surface area contributed by atoms with Crippen molar-refractivity contribution >= 4 is 12.1 Å². The van der Waals surface area contributed by atoms with E-state index >= 15 is 0 Å². The maximum absolute atomic E-state index is 11.8. The van der Waals surface area contributed by atoms with E-state index in [0.29, 0.717) is 25.4 Å². The molecule has 0 radical (unpaired) electrons. The number of piperidine rings is 1. The Balaban J connectivity index is 2.02. The van der Waals surface area contributed by atoms with Gasteiger partial charge in [-0.25, -0.2) is 14.6 Å². The van der Waals surface area contributed by atoms with Gasteiger partial charge < -0.3 is 19.4 Å². The lowest BCUT2D eigenvalue weighted by molar-refractivity contribution is 0.0519. The largest absolute Gasteiger partial charge is 0.461 e. The molecule has 0 unspecified atom stereocenters. The van der Waals surface area contributed by atoms with Crippen molar-refractivity contribution in [1.29, 1.82) is 0 Å². The number of hydrogen-bond donors (Lipinski definition) is 1. The van der Waals surface area contributed by atoms with Crippen LogP contribution in [0.15, 0.2) is 0 Å². The lowest BCUT2D eigenvalue weighted by Crippen LogP contribution is -2.38. The van der Waals surface area contributed by atoms with Crippen molar-refractivity contribution in [2.24, 2.45) is 0 Å². The first-order valence-electron chi connectivity index (χ1n) is 7.13. The number of H-pyrrole nitrogens is 1. The number of aromatic amines is 1. The van der Waals surface area contributed by atoms with E-state index in [-0.39, 0.29) is 12.0 Å². The number of ether oxygens (including phenoxy) is 2. The Morgan fingerprint density at radius 3 is 2.62 bits per heavy atom. The van der Waals surface area contributed by atoms with Gasteiger partial charge in [0, 0.05) is 24.7 Å². The summed E-state index contributed by atoms with van der Waals surface area (Å²) in [5, 5.41) is 0. The number of imidazole rings is 1. The van der Waals surface area contributed by atoms with Gasteiger partial charge in [0.25, 0.3) is 0 Å². The minimum atomic E-state index is -0.399. The second-order valence-corrected chi connectivity index (χ2v) is 5.05. The molecule has 1 N–H and O–H groups in total. The average molecular weight is 295 g/mol. The van der Waals surface area contributed by atoms with Gasteiger partial charge in [-0.1, -0.05) is 0 Å². The highest BCUT2D eigenvalue weighted by Crippen LogP contribution is 2.27. The predicted octanol–water partition coefficient (Wildman–Crippen LogP) is 1.84. The number of amides is 1. The minimum absolute atomic E-state index is 0.216. The second kappa shape index (κ2) is 6.60. The molecule has 1 fully saturated rings. The molecular weight excluding hydrogens is 274 g/mol. The maximum Gasteiger partial charge on any atom is 0.409 e. The number of esters is 1. The zero-order chi connectivity index (χ0) is 15.4. The Bertz CT molecular complexity index is 518. The van der Waals surface area contributed by atoms with E-state index < -0.39 is 5.97 Å². The summed E-state index contributed by atoms with van der Waals surface area (Å²) in [4.78, 5) is 32.4. The second-order valence-electron chi connectivity index (χ2n) is 5.05. The van der Waals surface area contributed by atoms with Crippen LogP contribution in [0.1, 0.15) is 47.7 Å². The van der Waals surface area contributed by atoms with Crippen molar-refractivity contribution in [2.45, 2.75) is 32.6 Å². The number of aryl methyl sites for hydroxylation is 1. The number of rotatable bonds is 3. The summed E-state index contributed by atoms with van der Waals surface area (Å²) < 4.78 is 9.70. The summed E-state index contributed by atoms with van der Waals surface area (Å²) in [6, 6.07) is 0. The van der Waals surface area contributed by atoms with Gasteiger partial charge in [0.2, 0.25) is 0 Å². The van der Waals surface area contributed by atoms with Crippen molar-refractivity contribution in [3.63, 3.8) is 0 Å². The highest BCUT2D eigenvalue weighted by Gasteiger charge is 2.27. The molecule has 1 aliphatic heterocycles. The van der Waals surface area contributed by atoms with Crippen LogP contribution in [0.5, 0.6) is 0 Å². The van der Waals surface area contributed by atoms with Crippen LogP contribution in [-0.2, 0) is 9.47 Å². The average Bonchev–Trinajstić information content (AvgIpc) is 2.89. The number of methoxy groups -OCH3 is 1. The SMILES string of the molecule is CCOC(=O)c1nc(C2CCN(C(=O)OC)CC2)[nH]c1C. The molecule has 0 aromatic carbocycles. The van der Waals surface area contributed by atoms with Gasteiger partial charge in [0.15, 0.2) is 5.69 Å². The summed E-state index contributed by atoms with van der Waals surface area (Å²) >= 11 is 0. The fraction of sp³-hybridized carbons (Fsp3) is 0.643. The summed E-state index contributed by atoms with van der Waals surface area (Å²) in [7, 11) is 1.38. The molecule has 7 nitrogen and oxygen atoms in total. The lowest BCUT2D eigenvalue weighted by Gasteiger charge is -2.29. The standard InChI is InChI=1S/C14H21N3O4/c1-4-21-13(18)11-9(2)15-12(16-11)10-5-7-17(8-6-10)14(19)20-3/h10H,4-8H2,1-3H3,(H,15,16). The van der Waals surface area contributed by atoms with Crippen LogP contribution >= 0.6 is 0 Å². The Kier molecular flexibility index (Phi) is 4.82. The molecular formula is C14H21N3O4. The minimum Gasteiger partial charge on any atom is -0.461 e. The van der Waals surface area contributed by atoms with Crippen molar-refractivity contribution in [1.82, 2.24) is 14.9 Å². The first kappa shape index (κ1) is 15.3. The molecule has 7 heteroatoms. The topological polar surface area (TPSA) is 84.5 Å². The van der Waals surface area contributed by atoms with Gasteiger partial charge in [-0.05, 0) is 26.7 Å². The quantitative estimate of drug-likeness (QED) is 0.860. The highest BCUT2D eigenvalue weighted by molar-refractivity contribution is 5.88. The summed E-state index contributed by atoms with van der Waals surface area (Å²) in [6.45, 7) is 5.17. The zero-order valence-corrected chi connectivity index (χ0v) is 12.6. The smallest absolute Gasteiger partial charge is 0.409 e. The van der Waals surface area contributed by atoms with Crippen molar-refractivity contribution in [2.75, 3.05) is 26.8 Å². The summed E-state index contributed by atoms with van der Waals surface area (Å²) in [6.07, 6.45) is 1.30. The normalized spacial score (nSPS) is 15.9. The number of likely N-dealkylation sites (tertiary alicyclic amines) is 1. The third kappa shape index (κ3) is 3.34. The van der Waals surface area contributed by atoms with Crippen LogP contribution in [0, 0.1) is 6.92 Å². The van der Waals surface area contributed by atoms with Gasteiger partial charge in [0.1, 0.15) is 5.82 Å². The van der Waals surface area contributed by atoms with Gasteiger partial charge in [-0.2, -0.15) is 0 Å². The molecule has 0 bridgehead atoms. The van der Waals surface area contributed by atoms with Crippen LogP contribution in [0.2, 0.25) is 0 Å². The number of aromatic nitrogens is 2. The van der Waals surface area contributed by atoms with Crippen molar-refractivity contribution in [3.8, 4) is 0 Å². The molecule has 1 saturated heterocycles. The van der Waals surface area contributed by atoms with E-state index in [1.807, 2.05) is 6.92 Å². The monoisotopic (exact) mass is 295 g/mol. The van der Waals surface area contributed by atoms with Crippen LogP contribution in [0.3, 0.4) is 0 Å². The Morgan fingerprint density at radius 1 is 1.38 bits per heavy atom. The van der Waals surface area contributed by atoms with E-state index in [0.717, 1.165) is 24.4 Å². The van der Waals surface area contributed by atoms with Crippen molar-refractivity contribution in [3.05, 3.63) is 17.2 Å². The van der Waals surface area contributed by atoms with Crippen LogP contribution in [0.4, 0.5) is 4.79 Å². The molecule has 1 amide bonds. The third-order valence-electron chi connectivity index (χ3n) is 3.69. The molecule has 1 aromatic rings. The first-order chi connectivity index (χ1) is 10.1. The zero-order valence-electron chi connectivity index (χ0n) is 12.6. The number of nitrogens with one attached hydrogen (secondary N) is 1. The molecule has 2 rings (SSSR count). The molecule has 0 atom stereocenters. The van der Waals surface area contributed by atoms with E-state index in [1.165, 1.54) is 7.11 Å². The Labute approximate surface area is 123 Å². The van der Waals surface area contributed by atoms with Crippen molar-refractivity contribution < 1.29 is 19.1 Å². The fourth-order valence-corrected chi connectivity index (χ4v) is 2.54. The third-order valence-corrected chi connectivity index (χ3v) is 3.69. The molecule has 116 valence electrons. The predicted molar refractivity (Wildman–Crippen MR) is 75.2 cm³/mol. The van der Waals surface area contributed by atoms with Crippen LogP contribution in [0.25, 0.3) is 0 Å². The molecule has 0 saturated carbocycles. The van der Waals surface area contributed by atoms with Gasteiger partial charge in [0.05, 0.1) is 13.7 Å². The van der Waals surface area contributed by atoms with Gasteiger partial charge in [-0.15, -0.1) is 0 Å². The molecule has 0 aliphatic carbocycles. The van der Waals surface area contributed by atoms with E-state index in [9.17, 15) is 9.59 Å². The Hall–Kier alpha value is -2.05. The van der Waals surface area contributed by atoms with Gasteiger partial charge >= 0.3 is 12.1 Å². The summed E-state index contributed by atoms with van der Waals surface area (Å²) in [5.74, 6) is 0.609. The lowest BCUT2D eigenvalue weighted by atomic mass is 9.96. The van der Waals surface area contributed by atoms with Crippen LogP contribution < -0.4 is 0 Å².